The van der Waals surface area contributed by atoms with Crippen molar-refractivity contribution in [2.45, 2.75) is 37.8 Å². The largest absolute Gasteiger partial charge is 0.378 e. The molecule has 104 valence electrons. The first-order valence-corrected chi connectivity index (χ1v) is 7.08. The van der Waals surface area contributed by atoms with Crippen LogP contribution in [0.5, 0.6) is 0 Å². The maximum absolute atomic E-state index is 6.49. The predicted octanol–water partition coefficient (Wildman–Crippen LogP) is 1.98. The van der Waals surface area contributed by atoms with E-state index in [1.165, 1.54) is 11.1 Å². The lowest BCUT2D eigenvalue weighted by Gasteiger charge is -2.39. The average Bonchev–Trinajstić information content (AvgIpc) is 2.86. The van der Waals surface area contributed by atoms with Crippen molar-refractivity contribution in [3.8, 4) is 0 Å². The molecule has 2 aliphatic heterocycles. The molecule has 0 bridgehead atoms. The third kappa shape index (κ3) is 2.53. The predicted molar refractivity (Wildman–Crippen MR) is 72.7 cm³/mol. The smallest absolute Gasteiger partial charge is 0.0940 e. The first-order chi connectivity index (χ1) is 9.20. The van der Waals surface area contributed by atoms with Crippen LogP contribution in [0.25, 0.3) is 0 Å². The average molecular weight is 262 g/mol. The summed E-state index contributed by atoms with van der Waals surface area (Å²) >= 11 is 0. The molecule has 0 amide bonds. The summed E-state index contributed by atoms with van der Waals surface area (Å²) in [7, 11) is 0. The highest BCUT2D eigenvalue weighted by atomic mass is 16.6. The maximum atomic E-state index is 6.49. The van der Waals surface area contributed by atoms with Crippen LogP contribution in [0.4, 0.5) is 0 Å². The summed E-state index contributed by atoms with van der Waals surface area (Å²) in [5, 5.41) is 0. The second-order valence-corrected chi connectivity index (χ2v) is 5.84. The quantitative estimate of drug-likeness (QED) is 0.885. The summed E-state index contributed by atoms with van der Waals surface area (Å²) in [6.07, 6.45) is 6.76. The fraction of sp³-hybridized carbons (Fsp3) is 0.667. The van der Waals surface area contributed by atoms with Gasteiger partial charge in [-0.05, 0) is 42.9 Å². The minimum Gasteiger partial charge on any atom is -0.378 e. The number of hydrogen-bond acceptors (Lipinski definition) is 4. The molecule has 3 atom stereocenters. The van der Waals surface area contributed by atoms with Gasteiger partial charge in [0.1, 0.15) is 0 Å². The Bertz CT molecular complexity index is 444. The van der Waals surface area contributed by atoms with Gasteiger partial charge in [-0.1, -0.05) is 0 Å². The molecule has 2 saturated heterocycles. The number of pyridine rings is 1. The molecule has 1 spiro atoms. The molecule has 1 aromatic rings. The second-order valence-electron chi connectivity index (χ2n) is 5.84. The van der Waals surface area contributed by atoms with Crippen molar-refractivity contribution in [3.05, 3.63) is 29.6 Å². The molecular formula is C15H22N2O2. The van der Waals surface area contributed by atoms with Crippen molar-refractivity contribution < 1.29 is 9.47 Å². The molecule has 4 nitrogen and oxygen atoms in total. The summed E-state index contributed by atoms with van der Waals surface area (Å²) in [6.45, 7) is 4.43. The van der Waals surface area contributed by atoms with E-state index < -0.39 is 0 Å². The molecule has 19 heavy (non-hydrogen) atoms. The van der Waals surface area contributed by atoms with E-state index in [1.54, 1.807) is 0 Å². The van der Waals surface area contributed by atoms with Crippen molar-refractivity contribution in [2.75, 3.05) is 19.8 Å². The van der Waals surface area contributed by atoms with Crippen LogP contribution in [0.1, 0.15) is 36.4 Å². The van der Waals surface area contributed by atoms with Crippen molar-refractivity contribution in [1.82, 2.24) is 4.98 Å². The van der Waals surface area contributed by atoms with Gasteiger partial charge in [-0.3, -0.25) is 4.98 Å². The first-order valence-electron chi connectivity index (χ1n) is 7.08. The van der Waals surface area contributed by atoms with E-state index in [2.05, 4.69) is 11.9 Å². The van der Waals surface area contributed by atoms with Crippen LogP contribution < -0.4 is 5.73 Å². The van der Waals surface area contributed by atoms with E-state index in [9.17, 15) is 0 Å². The molecule has 3 unspecified atom stereocenters. The van der Waals surface area contributed by atoms with E-state index >= 15 is 0 Å². The van der Waals surface area contributed by atoms with Crippen LogP contribution in [-0.2, 0) is 9.47 Å². The van der Waals surface area contributed by atoms with Gasteiger partial charge in [0.25, 0.3) is 0 Å². The molecule has 1 aromatic heterocycles. The van der Waals surface area contributed by atoms with Crippen LogP contribution in [0.2, 0.25) is 0 Å². The molecule has 2 fully saturated rings. The van der Waals surface area contributed by atoms with Crippen molar-refractivity contribution in [1.29, 1.82) is 0 Å². The van der Waals surface area contributed by atoms with Crippen LogP contribution in [-0.4, -0.2) is 30.4 Å². The number of nitrogens with zero attached hydrogens (tertiary/aromatic N) is 1. The molecule has 0 aliphatic carbocycles. The Kier molecular flexibility index (Phi) is 3.56. The van der Waals surface area contributed by atoms with Gasteiger partial charge in [0.2, 0.25) is 0 Å². The summed E-state index contributed by atoms with van der Waals surface area (Å²) < 4.78 is 11.5. The summed E-state index contributed by atoms with van der Waals surface area (Å²) in [5.74, 6) is 0.457. The number of aryl methyl sites for hydroxylation is 1. The zero-order valence-electron chi connectivity index (χ0n) is 11.5. The zero-order chi connectivity index (χ0) is 13.3. The van der Waals surface area contributed by atoms with E-state index in [1.807, 2.05) is 18.5 Å². The number of hydrogen-bond donors (Lipinski definition) is 1. The molecule has 3 rings (SSSR count). The third-order valence-electron chi connectivity index (χ3n) is 4.54. The van der Waals surface area contributed by atoms with Crippen LogP contribution >= 0.6 is 0 Å². The topological polar surface area (TPSA) is 57.4 Å². The van der Waals surface area contributed by atoms with Crippen LogP contribution in [0.3, 0.4) is 0 Å². The van der Waals surface area contributed by atoms with Gasteiger partial charge in [0.15, 0.2) is 0 Å². The van der Waals surface area contributed by atoms with E-state index in [0.717, 1.165) is 39.1 Å². The normalized spacial score (nSPS) is 32.6. The van der Waals surface area contributed by atoms with Crippen LogP contribution in [0.15, 0.2) is 18.5 Å². The maximum Gasteiger partial charge on any atom is 0.0940 e. The standard InChI is InChI=1S/C15H22N2O2/c1-11-2-5-17-9-13(11)14(16)12-3-6-19-15(8-12)4-7-18-10-15/h2,5,9,12,14H,3-4,6-8,10,16H2,1H3. The lowest BCUT2D eigenvalue weighted by molar-refractivity contribution is -0.101. The number of ether oxygens (including phenoxy) is 2. The van der Waals surface area contributed by atoms with E-state index in [-0.39, 0.29) is 11.6 Å². The summed E-state index contributed by atoms with van der Waals surface area (Å²) in [6, 6.07) is 2.08. The number of rotatable bonds is 2. The Balaban J connectivity index is 1.76. The Morgan fingerprint density at radius 1 is 1.47 bits per heavy atom. The van der Waals surface area contributed by atoms with E-state index in [0.29, 0.717) is 5.92 Å². The highest BCUT2D eigenvalue weighted by molar-refractivity contribution is 5.25. The van der Waals surface area contributed by atoms with Crippen LogP contribution in [0, 0.1) is 12.8 Å². The SMILES string of the molecule is Cc1ccncc1C(N)C1CCOC2(CCOC2)C1. The summed E-state index contributed by atoms with van der Waals surface area (Å²) in [5.41, 5.74) is 8.81. The second kappa shape index (κ2) is 5.19. The third-order valence-corrected chi connectivity index (χ3v) is 4.54. The Morgan fingerprint density at radius 3 is 3.11 bits per heavy atom. The Labute approximate surface area is 114 Å². The van der Waals surface area contributed by atoms with Crippen molar-refractivity contribution >= 4 is 0 Å². The molecule has 2 N–H and O–H groups in total. The lowest BCUT2D eigenvalue weighted by atomic mass is 9.79. The minimum absolute atomic E-state index is 0.0510. The van der Waals surface area contributed by atoms with Crippen molar-refractivity contribution in [3.63, 3.8) is 0 Å². The molecule has 3 heterocycles. The zero-order valence-corrected chi connectivity index (χ0v) is 11.5. The Morgan fingerprint density at radius 2 is 2.37 bits per heavy atom. The van der Waals surface area contributed by atoms with E-state index in [4.69, 9.17) is 15.2 Å². The fourth-order valence-electron chi connectivity index (χ4n) is 3.31. The molecule has 4 heteroatoms. The Hall–Kier alpha value is -0.970. The molecule has 0 radical (unpaired) electrons. The highest BCUT2D eigenvalue weighted by Crippen LogP contribution is 2.40. The molecular weight excluding hydrogens is 240 g/mol. The molecule has 0 aromatic carbocycles. The lowest BCUT2D eigenvalue weighted by Crippen LogP contribution is -2.43. The van der Waals surface area contributed by atoms with Gasteiger partial charge in [-0.25, -0.2) is 0 Å². The number of aromatic nitrogens is 1. The first kappa shape index (κ1) is 13.0. The molecule has 0 saturated carbocycles. The minimum atomic E-state index is -0.0728. The fourth-order valence-corrected chi connectivity index (χ4v) is 3.31. The van der Waals surface area contributed by atoms with Gasteiger partial charge >= 0.3 is 0 Å². The monoisotopic (exact) mass is 262 g/mol. The van der Waals surface area contributed by atoms with Crippen molar-refractivity contribution in [2.24, 2.45) is 11.7 Å². The van der Waals surface area contributed by atoms with Gasteiger partial charge in [-0.15, -0.1) is 0 Å². The summed E-state index contributed by atoms with van der Waals surface area (Å²) in [4.78, 5) is 4.21. The molecule has 2 aliphatic rings. The van der Waals surface area contributed by atoms with Gasteiger partial charge in [0, 0.05) is 38.1 Å². The highest BCUT2D eigenvalue weighted by Gasteiger charge is 2.42. The number of nitrogens with two attached hydrogens (primary N) is 1. The van der Waals surface area contributed by atoms with Gasteiger partial charge in [0.05, 0.1) is 12.2 Å². The van der Waals surface area contributed by atoms with Gasteiger partial charge < -0.3 is 15.2 Å². The van der Waals surface area contributed by atoms with Gasteiger partial charge in [-0.2, -0.15) is 0 Å².